The van der Waals surface area contributed by atoms with Gasteiger partial charge in [-0.15, -0.1) is 0 Å². The van der Waals surface area contributed by atoms with Crippen molar-refractivity contribution < 1.29 is 24.0 Å². The van der Waals surface area contributed by atoms with E-state index in [1.165, 1.54) is 19.1 Å². The molecule has 27 heavy (non-hydrogen) atoms. The molecule has 0 aliphatic heterocycles. The number of ketones is 1. The molecule has 9 heteroatoms. The van der Waals surface area contributed by atoms with E-state index in [0.29, 0.717) is 5.56 Å². The Hall–Kier alpha value is -3.26. The lowest BCUT2D eigenvalue weighted by molar-refractivity contribution is -0.384. The van der Waals surface area contributed by atoms with E-state index in [1.807, 2.05) is 0 Å². The fraction of sp³-hybridized carbons (Fsp3) is 0.167. The quantitative estimate of drug-likeness (QED) is 0.336. The van der Waals surface area contributed by atoms with Gasteiger partial charge in [0, 0.05) is 17.2 Å². The molecular weight excluding hydrogens is 376 g/mol. The predicted molar refractivity (Wildman–Crippen MR) is 96.8 cm³/mol. The highest BCUT2D eigenvalue weighted by molar-refractivity contribution is 6.32. The summed E-state index contributed by atoms with van der Waals surface area (Å²) in [6.45, 7) is 0.910. The van der Waals surface area contributed by atoms with E-state index in [4.69, 9.17) is 16.3 Å². The molecule has 0 aromatic heterocycles. The van der Waals surface area contributed by atoms with Crippen molar-refractivity contribution in [2.24, 2.45) is 0 Å². The zero-order valence-electron chi connectivity index (χ0n) is 14.2. The Kier molecular flexibility index (Phi) is 6.62. The Morgan fingerprint density at radius 1 is 1.15 bits per heavy atom. The van der Waals surface area contributed by atoms with Crippen LogP contribution in [0.1, 0.15) is 27.6 Å². The monoisotopic (exact) mass is 390 g/mol. The van der Waals surface area contributed by atoms with Gasteiger partial charge in [0.25, 0.3) is 11.6 Å². The Bertz CT molecular complexity index is 885. The minimum absolute atomic E-state index is 0.0360. The average Bonchev–Trinajstić information content (AvgIpc) is 2.66. The Balaban J connectivity index is 1.94. The molecule has 0 saturated carbocycles. The summed E-state index contributed by atoms with van der Waals surface area (Å²) in [6.07, 6.45) is 0. The highest BCUT2D eigenvalue weighted by Crippen LogP contribution is 2.25. The molecule has 1 amide bonds. The first-order chi connectivity index (χ1) is 12.8. The van der Waals surface area contributed by atoms with Crippen molar-refractivity contribution in [3.8, 4) is 0 Å². The normalized spacial score (nSPS) is 11.3. The van der Waals surface area contributed by atoms with Crippen LogP contribution in [-0.4, -0.2) is 35.2 Å². The summed E-state index contributed by atoms with van der Waals surface area (Å²) in [5, 5.41) is 13.1. The van der Waals surface area contributed by atoms with Gasteiger partial charge in [0.05, 0.1) is 4.92 Å². The molecule has 1 atom stereocenters. The lowest BCUT2D eigenvalue weighted by Crippen LogP contribution is -2.40. The fourth-order valence-corrected chi connectivity index (χ4v) is 2.29. The Morgan fingerprint density at radius 2 is 1.81 bits per heavy atom. The van der Waals surface area contributed by atoms with E-state index >= 15 is 0 Å². The number of Topliss-reactive ketones (excluding diaryl/α,β-unsaturated/α-hetero) is 1. The van der Waals surface area contributed by atoms with Crippen LogP contribution in [0, 0.1) is 10.1 Å². The molecule has 0 spiro atoms. The van der Waals surface area contributed by atoms with Gasteiger partial charge in [0.2, 0.25) is 0 Å². The first kappa shape index (κ1) is 20.1. The molecule has 0 unspecified atom stereocenters. The number of benzene rings is 2. The number of esters is 1. The van der Waals surface area contributed by atoms with Crippen molar-refractivity contribution in [2.45, 2.75) is 13.0 Å². The zero-order valence-corrected chi connectivity index (χ0v) is 14.9. The number of halogens is 1. The molecule has 0 aliphatic carbocycles. The molecule has 2 aromatic rings. The van der Waals surface area contributed by atoms with Crippen molar-refractivity contribution in [3.05, 3.63) is 74.8 Å². The summed E-state index contributed by atoms with van der Waals surface area (Å²) in [5.41, 5.74) is -0.0606. The van der Waals surface area contributed by atoms with Gasteiger partial charge in [0.15, 0.2) is 12.4 Å². The van der Waals surface area contributed by atoms with E-state index in [2.05, 4.69) is 5.32 Å². The van der Waals surface area contributed by atoms with Crippen LogP contribution < -0.4 is 5.32 Å². The van der Waals surface area contributed by atoms with Crippen LogP contribution in [0.15, 0.2) is 48.5 Å². The first-order valence-corrected chi connectivity index (χ1v) is 8.17. The number of amides is 1. The molecule has 1 N–H and O–H groups in total. The molecule has 0 saturated heterocycles. The number of nitrogens with one attached hydrogen (secondary N) is 1. The topological polar surface area (TPSA) is 116 Å². The first-order valence-electron chi connectivity index (χ1n) is 7.79. The summed E-state index contributed by atoms with van der Waals surface area (Å²) in [5.74, 6) is -1.90. The number of carbonyl (C=O) groups excluding carboxylic acids is 3. The third kappa shape index (κ3) is 5.35. The van der Waals surface area contributed by atoms with Gasteiger partial charge in [-0.05, 0) is 19.1 Å². The molecule has 0 heterocycles. The molecule has 0 radical (unpaired) electrons. The van der Waals surface area contributed by atoms with Crippen molar-refractivity contribution in [3.63, 3.8) is 0 Å². The maximum Gasteiger partial charge on any atom is 0.328 e. The van der Waals surface area contributed by atoms with Crippen LogP contribution in [0.2, 0.25) is 5.02 Å². The lowest BCUT2D eigenvalue weighted by atomic mass is 10.1. The van der Waals surface area contributed by atoms with Crippen LogP contribution in [0.5, 0.6) is 0 Å². The summed E-state index contributed by atoms with van der Waals surface area (Å²) in [7, 11) is 0. The van der Waals surface area contributed by atoms with Gasteiger partial charge in [0.1, 0.15) is 11.1 Å². The van der Waals surface area contributed by atoms with E-state index in [9.17, 15) is 24.5 Å². The molecule has 0 aliphatic rings. The molecule has 2 aromatic carbocycles. The van der Waals surface area contributed by atoms with Crippen molar-refractivity contribution >= 4 is 34.9 Å². The summed E-state index contributed by atoms with van der Waals surface area (Å²) >= 11 is 5.69. The molecular formula is C18H15ClN2O6. The van der Waals surface area contributed by atoms with Crippen LogP contribution >= 0.6 is 11.6 Å². The van der Waals surface area contributed by atoms with Gasteiger partial charge in [-0.3, -0.25) is 19.7 Å². The number of hydrogen-bond donors (Lipinski definition) is 1. The molecule has 0 fully saturated rings. The summed E-state index contributed by atoms with van der Waals surface area (Å²) in [6, 6.07) is 10.8. The maximum atomic E-state index is 12.2. The van der Waals surface area contributed by atoms with Gasteiger partial charge in [-0.25, -0.2) is 4.79 Å². The number of rotatable bonds is 7. The van der Waals surface area contributed by atoms with Crippen LogP contribution in [-0.2, 0) is 9.53 Å². The fourth-order valence-electron chi connectivity index (χ4n) is 2.10. The minimum atomic E-state index is -1.06. The van der Waals surface area contributed by atoms with E-state index in [0.717, 1.165) is 6.07 Å². The number of ether oxygens (including phenoxy) is 1. The van der Waals surface area contributed by atoms with Gasteiger partial charge in [-0.1, -0.05) is 41.9 Å². The van der Waals surface area contributed by atoms with Crippen molar-refractivity contribution in [1.82, 2.24) is 5.32 Å². The number of nitro benzene ring substituents is 1. The third-order valence-corrected chi connectivity index (χ3v) is 3.87. The van der Waals surface area contributed by atoms with Gasteiger partial charge in [-0.2, -0.15) is 0 Å². The molecule has 2 rings (SSSR count). The number of hydrogen-bond acceptors (Lipinski definition) is 6. The van der Waals surface area contributed by atoms with E-state index < -0.39 is 35.1 Å². The van der Waals surface area contributed by atoms with Crippen LogP contribution in [0.4, 0.5) is 5.69 Å². The Labute approximate surface area is 159 Å². The molecule has 8 nitrogen and oxygen atoms in total. The largest absolute Gasteiger partial charge is 0.456 e. The van der Waals surface area contributed by atoms with Crippen molar-refractivity contribution in [2.75, 3.05) is 6.61 Å². The summed E-state index contributed by atoms with van der Waals surface area (Å²) in [4.78, 5) is 46.2. The van der Waals surface area contributed by atoms with E-state index in [1.54, 1.807) is 30.3 Å². The predicted octanol–water partition coefficient (Wildman–Crippen LogP) is 2.79. The zero-order chi connectivity index (χ0) is 20.0. The smallest absolute Gasteiger partial charge is 0.328 e. The lowest BCUT2D eigenvalue weighted by Gasteiger charge is -2.13. The molecule has 140 valence electrons. The maximum absolute atomic E-state index is 12.2. The average molecular weight is 391 g/mol. The van der Waals surface area contributed by atoms with E-state index in [-0.39, 0.29) is 16.4 Å². The highest BCUT2D eigenvalue weighted by atomic mass is 35.5. The highest BCUT2D eigenvalue weighted by Gasteiger charge is 2.21. The van der Waals surface area contributed by atoms with Gasteiger partial charge >= 0.3 is 5.97 Å². The number of nitro groups is 1. The third-order valence-electron chi connectivity index (χ3n) is 3.55. The SMILES string of the molecule is C[C@H](NC(=O)c1ccc(Cl)c([N+](=O)[O-])c1)C(=O)OCC(=O)c1ccccc1. The second-order valence-electron chi connectivity index (χ2n) is 5.52. The second-order valence-corrected chi connectivity index (χ2v) is 5.92. The van der Waals surface area contributed by atoms with Gasteiger partial charge < -0.3 is 10.1 Å². The minimum Gasteiger partial charge on any atom is -0.456 e. The Morgan fingerprint density at radius 3 is 2.44 bits per heavy atom. The summed E-state index contributed by atoms with van der Waals surface area (Å²) < 4.78 is 4.91. The number of carbonyl (C=O) groups is 3. The standard InChI is InChI=1S/C18H15ClN2O6/c1-11(18(24)27-10-16(22)12-5-3-2-4-6-12)20-17(23)13-7-8-14(19)15(9-13)21(25)26/h2-9,11H,10H2,1H3,(H,20,23)/t11-/m0/s1. The van der Waals surface area contributed by atoms with Crippen LogP contribution in [0.3, 0.4) is 0 Å². The molecule has 0 bridgehead atoms. The van der Waals surface area contributed by atoms with Crippen molar-refractivity contribution in [1.29, 1.82) is 0 Å². The second kappa shape index (κ2) is 8.91. The van der Waals surface area contributed by atoms with Crippen LogP contribution in [0.25, 0.3) is 0 Å². The number of nitrogens with zero attached hydrogens (tertiary/aromatic N) is 1.